The molecule has 49 heavy (non-hydrogen) atoms. The predicted molar refractivity (Wildman–Crippen MR) is 188 cm³/mol. The monoisotopic (exact) mass is 653 g/mol. The molecule has 3 N–H and O–H groups in total. The van der Waals surface area contributed by atoms with E-state index in [1.54, 1.807) is 45.0 Å². The van der Waals surface area contributed by atoms with Crippen molar-refractivity contribution < 1.29 is 19.1 Å². The fourth-order valence-corrected chi connectivity index (χ4v) is 7.63. The number of ether oxygens (including phenoxy) is 1. The van der Waals surface area contributed by atoms with Gasteiger partial charge in [-0.15, -0.1) is 0 Å². The number of aromatic nitrogens is 2. The number of nitrogen functional groups attached to an aromatic ring is 1. The minimum absolute atomic E-state index is 0.116. The Labute approximate surface area is 285 Å². The second-order valence-electron chi connectivity index (χ2n) is 13.6. The van der Waals surface area contributed by atoms with Crippen molar-refractivity contribution in [1.29, 1.82) is 0 Å². The highest BCUT2D eigenvalue weighted by Gasteiger charge is 2.58. The Kier molecular flexibility index (Phi) is 8.06. The second-order valence-corrected chi connectivity index (χ2v) is 13.6. The molecule has 9 heteroatoms. The molecule has 0 unspecified atom stereocenters. The lowest BCUT2D eigenvalue weighted by molar-refractivity contribution is -0.123. The van der Waals surface area contributed by atoms with Crippen molar-refractivity contribution in [1.82, 2.24) is 14.9 Å². The maximum Gasteiger partial charge on any atom is 0.407 e. The number of nitrogens with two attached hydrogens (primary N) is 1. The summed E-state index contributed by atoms with van der Waals surface area (Å²) in [6.07, 6.45) is -0.271. The number of benzene rings is 4. The van der Waals surface area contributed by atoms with E-state index in [4.69, 9.17) is 15.5 Å². The van der Waals surface area contributed by atoms with Gasteiger partial charge in [-0.1, -0.05) is 109 Å². The van der Waals surface area contributed by atoms with Gasteiger partial charge in [0.25, 0.3) is 0 Å². The Balaban J connectivity index is 1.47. The number of hydrogen-bond donors (Lipinski definition) is 2. The van der Waals surface area contributed by atoms with Gasteiger partial charge in [0.2, 0.25) is 17.8 Å². The van der Waals surface area contributed by atoms with Gasteiger partial charge < -0.3 is 15.8 Å². The molecule has 1 fully saturated rings. The Morgan fingerprint density at radius 2 is 1.29 bits per heavy atom. The first kappa shape index (κ1) is 31.9. The highest BCUT2D eigenvalue weighted by Crippen LogP contribution is 2.52. The van der Waals surface area contributed by atoms with E-state index in [0.29, 0.717) is 23.5 Å². The molecule has 1 aliphatic carbocycles. The van der Waals surface area contributed by atoms with Gasteiger partial charge in [-0.05, 0) is 61.9 Å². The van der Waals surface area contributed by atoms with Crippen LogP contribution in [0.15, 0.2) is 121 Å². The number of fused-ring (bicyclic) bond motifs is 3. The molecule has 3 amide bonds. The Hall–Kier alpha value is -5.70. The molecule has 5 aromatic rings. The number of nitrogens with one attached hydrogen (secondary N) is 1. The van der Waals surface area contributed by atoms with E-state index in [1.807, 2.05) is 65.2 Å². The molecular weight excluding hydrogens is 614 g/mol. The maximum absolute atomic E-state index is 14.8. The zero-order valence-corrected chi connectivity index (χ0v) is 27.7. The van der Waals surface area contributed by atoms with Crippen LogP contribution in [-0.2, 0) is 26.3 Å². The van der Waals surface area contributed by atoms with Gasteiger partial charge in [0, 0.05) is 6.54 Å². The van der Waals surface area contributed by atoms with E-state index in [1.165, 1.54) is 4.90 Å². The van der Waals surface area contributed by atoms with Crippen molar-refractivity contribution in [3.8, 4) is 0 Å². The van der Waals surface area contributed by atoms with Crippen LogP contribution < -0.4 is 16.0 Å². The zero-order chi connectivity index (χ0) is 34.3. The topological polar surface area (TPSA) is 120 Å². The van der Waals surface area contributed by atoms with Crippen molar-refractivity contribution in [2.75, 3.05) is 17.2 Å². The molecule has 248 valence electrons. The number of anilines is 2. The summed E-state index contributed by atoms with van der Waals surface area (Å²) in [4.78, 5) is 48.4. The van der Waals surface area contributed by atoms with Crippen LogP contribution in [0, 0.1) is 11.8 Å². The lowest BCUT2D eigenvalue weighted by Gasteiger charge is -2.41. The lowest BCUT2D eigenvalue weighted by atomic mass is 9.71. The molecule has 0 saturated carbocycles. The molecule has 1 aromatic heterocycles. The van der Waals surface area contributed by atoms with Crippen LogP contribution >= 0.6 is 0 Å². The largest absolute Gasteiger partial charge is 0.444 e. The molecule has 0 bridgehead atoms. The normalized spacial score (nSPS) is 18.9. The van der Waals surface area contributed by atoms with Crippen LogP contribution in [-0.4, -0.2) is 39.6 Å². The van der Waals surface area contributed by atoms with Gasteiger partial charge in [-0.25, -0.2) is 14.7 Å². The first-order chi connectivity index (χ1) is 23.6. The number of hydrogen-bond acceptors (Lipinski definition) is 6. The summed E-state index contributed by atoms with van der Waals surface area (Å²) >= 11 is 0. The van der Waals surface area contributed by atoms with E-state index in [-0.39, 0.29) is 24.3 Å². The van der Waals surface area contributed by atoms with Gasteiger partial charge in [-0.2, -0.15) is 0 Å². The third kappa shape index (κ3) is 5.45. The Bertz CT molecular complexity index is 1890. The maximum atomic E-state index is 14.8. The van der Waals surface area contributed by atoms with Crippen LogP contribution in [0.2, 0.25) is 0 Å². The Morgan fingerprint density at radius 1 is 0.796 bits per heavy atom. The summed E-state index contributed by atoms with van der Waals surface area (Å²) in [5.74, 6) is -2.60. The van der Waals surface area contributed by atoms with E-state index in [2.05, 4.69) is 41.7 Å². The van der Waals surface area contributed by atoms with Gasteiger partial charge in [0.05, 0.1) is 28.9 Å². The number of alkyl carbamates (subject to hydrolysis) is 1. The SMILES string of the molecule is CC(C)(C)OC(=O)NC[C@H]1Cc2nc(N)n(C(c3ccccc3)(c3ccccc3)c3ccccc3)c2[C@H]2C(=O)N(c3ccccc3)C(=O)[C@@H]12. The summed E-state index contributed by atoms with van der Waals surface area (Å²) < 4.78 is 7.49. The third-order valence-electron chi connectivity index (χ3n) is 9.46. The molecule has 1 saturated heterocycles. The van der Waals surface area contributed by atoms with Crippen LogP contribution in [0.25, 0.3) is 0 Å². The van der Waals surface area contributed by atoms with E-state index in [9.17, 15) is 14.4 Å². The minimum Gasteiger partial charge on any atom is -0.444 e. The van der Waals surface area contributed by atoms with Crippen molar-refractivity contribution >= 4 is 29.5 Å². The summed E-state index contributed by atoms with van der Waals surface area (Å²) in [6.45, 7) is 5.49. The number of para-hydroxylation sites is 1. The fourth-order valence-electron chi connectivity index (χ4n) is 7.63. The number of carbonyl (C=O) groups excluding carboxylic acids is 3. The molecule has 4 aromatic carbocycles. The van der Waals surface area contributed by atoms with Crippen molar-refractivity contribution in [2.45, 2.75) is 44.2 Å². The third-order valence-corrected chi connectivity index (χ3v) is 9.46. The number of carbonyl (C=O) groups is 3. The second kappa shape index (κ2) is 12.4. The van der Waals surface area contributed by atoms with E-state index >= 15 is 0 Å². The summed E-state index contributed by atoms with van der Waals surface area (Å²) in [6, 6.07) is 39.1. The first-order valence-corrected chi connectivity index (χ1v) is 16.5. The van der Waals surface area contributed by atoms with Crippen LogP contribution in [0.5, 0.6) is 0 Å². The van der Waals surface area contributed by atoms with Crippen LogP contribution in [0.1, 0.15) is 54.8 Å². The molecule has 0 radical (unpaired) electrons. The van der Waals surface area contributed by atoms with Gasteiger partial charge in [0.1, 0.15) is 11.1 Å². The lowest BCUT2D eigenvalue weighted by Crippen LogP contribution is -2.44. The quantitative estimate of drug-likeness (QED) is 0.158. The number of nitrogens with zero attached hydrogens (tertiary/aromatic N) is 3. The minimum atomic E-state index is -1.05. The smallest absolute Gasteiger partial charge is 0.407 e. The van der Waals surface area contributed by atoms with Gasteiger partial charge in [0.15, 0.2) is 0 Å². The van der Waals surface area contributed by atoms with E-state index < -0.39 is 35.0 Å². The molecule has 9 nitrogen and oxygen atoms in total. The molecular formula is C40H39N5O4. The van der Waals surface area contributed by atoms with Crippen LogP contribution in [0.3, 0.4) is 0 Å². The molecule has 1 aliphatic heterocycles. The van der Waals surface area contributed by atoms with Crippen molar-refractivity contribution in [3.63, 3.8) is 0 Å². The highest BCUT2D eigenvalue weighted by molar-refractivity contribution is 6.24. The molecule has 0 spiro atoms. The number of imidazole rings is 1. The van der Waals surface area contributed by atoms with Crippen molar-refractivity contribution in [2.24, 2.45) is 11.8 Å². The molecule has 2 aliphatic rings. The standard InChI is InChI=1S/C40H39N5O4/c1-39(2,3)49-38(48)42-25-26-24-31-34(33-32(26)35(46)44(36(33)47)30-22-14-7-15-23-30)45(37(41)43-31)40(27-16-8-4-9-17-27,28-18-10-5-11-19-28)29-20-12-6-13-21-29/h4-23,26,32-33H,24-25H2,1-3H3,(H2,41,43)(H,42,48)/t26-,32+,33+/m1/s1. The highest BCUT2D eigenvalue weighted by atomic mass is 16.6. The average molecular weight is 654 g/mol. The zero-order valence-electron chi connectivity index (χ0n) is 27.7. The number of imide groups is 1. The Morgan fingerprint density at radius 3 is 1.78 bits per heavy atom. The summed E-state index contributed by atoms with van der Waals surface area (Å²) in [5, 5.41) is 2.86. The molecule has 3 atom stereocenters. The van der Waals surface area contributed by atoms with Gasteiger partial charge >= 0.3 is 6.09 Å². The number of amides is 3. The van der Waals surface area contributed by atoms with Crippen LogP contribution in [0.4, 0.5) is 16.4 Å². The number of rotatable bonds is 7. The van der Waals surface area contributed by atoms with E-state index in [0.717, 1.165) is 16.7 Å². The van der Waals surface area contributed by atoms with Crippen molar-refractivity contribution in [3.05, 3.63) is 149 Å². The molecule has 7 rings (SSSR count). The summed E-state index contributed by atoms with van der Waals surface area (Å²) in [5.41, 5.74) is 9.74. The summed E-state index contributed by atoms with van der Waals surface area (Å²) in [7, 11) is 0. The predicted octanol–water partition coefficient (Wildman–Crippen LogP) is 6.28. The average Bonchev–Trinajstić information content (AvgIpc) is 3.57. The fraction of sp³-hybridized carbons (Fsp3) is 0.250. The van der Waals surface area contributed by atoms with Gasteiger partial charge in [-0.3, -0.25) is 14.2 Å². The molecule has 2 heterocycles. The first-order valence-electron chi connectivity index (χ1n) is 16.5.